The van der Waals surface area contributed by atoms with E-state index in [1.54, 1.807) is 6.07 Å². The van der Waals surface area contributed by atoms with E-state index >= 15 is 0 Å². The van der Waals surface area contributed by atoms with Gasteiger partial charge in [-0.2, -0.15) is 0 Å². The van der Waals surface area contributed by atoms with Crippen LogP contribution in [0.1, 0.15) is 19.4 Å². The standard InChI is InChI=1S/C12H18FNO/c1-8(2)11(14)7-9-4-5-12(15-3)10(13)6-9/h4-6,8,11H,7,14H2,1-3H3. The van der Waals surface area contributed by atoms with Crippen molar-refractivity contribution < 1.29 is 9.13 Å². The lowest BCUT2D eigenvalue weighted by atomic mass is 9.97. The van der Waals surface area contributed by atoms with Crippen molar-refractivity contribution in [2.45, 2.75) is 26.3 Å². The highest BCUT2D eigenvalue weighted by atomic mass is 19.1. The van der Waals surface area contributed by atoms with Crippen LogP contribution in [0.5, 0.6) is 5.75 Å². The molecular weight excluding hydrogens is 193 g/mol. The monoisotopic (exact) mass is 211 g/mol. The molecule has 0 saturated heterocycles. The van der Waals surface area contributed by atoms with Crippen molar-refractivity contribution in [3.63, 3.8) is 0 Å². The third-order valence-electron chi connectivity index (χ3n) is 2.54. The summed E-state index contributed by atoms with van der Waals surface area (Å²) < 4.78 is 18.2. The summed E-state index contributed by atoms with van der Waals surface area (Å²) in [6.07, 6.45) is 0.693. The minimum atomic E-state index is -0.328. The van der Waals surface area contributed by atoms with Gasteiger partial charge in [0.15, 0.2) is 11.6 Å². The number of rotatable bonds is 4. The van der Waals surface area contributed by atoms with Crippen LogP contribution in [0.2, 0.25) is 0 Å². The molecule has 0 radical (unpaired) electrons. The van der Waals surface area contributed by atoms with E-state index in [0.717, 1.165) is 5.56 Å². The molecule has 3 heteroatoms. The first-order valence-electron chi connectivity index (χ1n) is 5.12. The van der Waals surface area contributed by atoms with E-state index < -0.39 is 0 Å². The number of nitrogens with two attached hydrogens (primary N) is 1. The van der Waals surface area contributed by atoms with E-state index in [0.29, 0.717) is 12.3 Å². The first-order chi connectivity index (χ1) is 7.04. The molecule has 0 saturated carbocycles. The largest absolute Gasteiger partial charge is 0.494 e. The molecule has 1 unspecified atom stereocenters. The topological polar surface area (TPSA) is 35.2 Å². The number of halogens is 1. The lowest BCUT2D eigenvalue weighted by Gasteiger charge is -2.15. The van der Waals surface area contributed by atoms with Crippen molar-refractivity contribution in [1.82, 2.24) is 0 Å². The van der Waals surface area contributed by atoms with Crippen molar-refractivity contribution in [2.24, 2.45) is 11.7 Å². The molecule has 0 fully saturated rings. The number of hydrogen-bond acceptors (Lipinski definition) is 2. The average Bonchev–Trinajstić information content (AvgIpc) is 2.18. The van der Waals surface area contributed by atoms with Gasteiger partial charge >= 0.3 is 0 Å². The summed E-state index contributed by atoms with van der Waals surface area (Å²) in [6, 6.07) is 5.04. The molecule has 0 aliphatic rings. The van der Waals surface area contributed by atoms with Gasteiger partial charge in [-0.05, 0) is 30.0 Å². The lowest BCUT2D eigenvalue weighted by Crippen LogP contribution is -2.28. The summed E-state index contributed by atoms with van der Waals surface area (Å²) in [5.74, 6) is 0.345. The van der Waals surface area contributed by atoms with Gasteiger partial charge in [-0.25, -0.2) is 4.39 Å². The van der Waals surface area contributed by atoms with Crippen LogP contribution in [0.4, 0.5) is 4.39 Å². The van der Waals surface area contributed by atoms with Gasteiger partial charge in [-0.3, -0.25) is 0 Å². The molecule has 1 atom stereocenters. The maximum Gasteiger partial charge on any atom is 0.165 e. The minimum Gasteiger partial charge on any atom is -0.494 e. The minimum absolute atomic E-state index is 0.0674. The summed E-state index contributed by atoms with van der Waals surface area (Å²) in [7, 11) is 1.46. The Morgan fingerprint density at radius 3 is 2.53 bits per heavy atom. The average molecular weight is 211 g/mol. The van der Waals surface area contributed by atoms with Crippen LogP contribution in [0.15, 0.2) is 18.2 Å². The van der Waals surface area contributed by atoms with E-state index in [2.05, 4.69) is 13.8 Å². The molecule has 0 heterocycles. The fourth-order valence-electron chi connectivity index (χ4n) is 1.34. The molecule has 0 bridgehead atoms. The lowest BCUT2D eigenvalue weighted by molar-refractivity contribution is 0.385. The molecule has 0 aliphatic heterocycles. The first-order valence-corrected chi connectivity index (χ1v) is 5.12. The second-order valence-electron chi connectivity index (χ2n) is 4.08. The highest BCUT2D eigenvalue weighted by Crippen LogP contribution is 2.19. The molecular formula is C12H18FNO. The Balaban J connectivity index is 2.75. The zero-order chi connectivity index (χ0) is 11.4. The highest BCUT2D eigenvalue weighted by Gasteiger charge is 2.10. The van der Waals surface area contributed by atoms with E-state index in [1.165, 1.54) is 13.2 Å². The second kappa shape index (κ2) is 5.12. The molecule has 84 valence electrons. The van der Waals surface area contributed by atoms with Gasteiger partial charge in [0, 0.05) is 6.04 Å². The van der Waals surface area contributed by atoms with Gasteiger partial charge in [0.05, 0.1) is 7.11 Å². The third-order valence-corrected chi connectivity index (χ3v) is 2.54. The summed E-state index contributed by atoms with van der Waals surface area (Å²) in [4.78, 5) is 0. The number of methoxy groups -OCH3 is 1. The molecule has 1 aromatic carbocycles. The Labute approximate surface area is 90.2 Å². The molecule has 0 aliphatic carbocycles. The van der Waals surface area contributed by atoms with Crippen LogP contribution in [0.25, 0.3) is 0 Å². The quantitative estimate of drug-likeness (QED) is 0.829. The first kappa shape index (κ1) is 12.0. The highest BCUT2D eigenvalue weighted by molar-refractivity contribution is 5.29. The molecule has 2 nitrogen and oxygen atoms in total. The molecule has 15 heavy (non-hydrogen) atoms. The smallest absolute Gasteiger partial charge is 0.165 e. The summed E-state index contributed by atoms with van der Waals surface area (Å²) in [6.45, 7) is 4.12. The predicted octanol–water partition coefficient (Wildman–Crippen LogP) is 2.36. The van der Waals surface area contributed by atoms with Gasteiger partial charge in [0.2, 0.25) is 0 Å². The van der Waals surface area contributed by atoms with E-state index in [4.69, 9.17) is 10.5 Å². The summed E-state index contributed by atoms with van der Waals surface area (Å²) in [5.41, 5.74) is 6.83. The fraction of sp³-hybridized carbons (Fsp3) is 0.500. The van der Waals surface area contributed by atoms with E-state index in [9.17, 15) is 4.39 Å². The maximum absolute atomic E-state index is 13.3. The molecule has 1 rings (SSSR count). The Hall–Kier alpha value is -1.09. The van der Waals surface area contributed by atoms with Crippen molar-refractivity contribution in [2.75, 3.05) is 7.11 Å². The van der Waals surface area contributed by atoms with Gasteiger partial charge in [0.25, 0.3) is 0 Å². The third kappa shape index (κ3) is 3.20. The van der Waals surface area contributed by atoms with Gasteiger partial charge in [-0.1, -0.05) is 19.9 Å². The van der Waals surface area contributed by atoms with E-state index in [-0.39, 0.29) is 17.6 Å². The van der Waals surface area contributed by atoms with Gasteiger partial charge in [0.1, 0.15) is 0 Å². The Morgan fingerprint density at radius 1 is 1.40 bits per heavy atom. The normalized spacial score (nSPS) is 12.9. The maximum atomic E-state index is 13.3. The van der Waals surface area contributed by atoms with Gasteiger partial charge in [-0.15, -0.1) is 0 Å². The SMILES string of the molecule is COc1ccc(CC(N)C(C)C)cc1F. The van der Waals surface area contributed by atoms with Crippen molar-refractivity contribution in [3.05, 3.63) is 29.6 Å². The van der Waals surface area contributed by atoms with E-state index in [1.807, 2.05) is 6.07 Å². The summed E-state index contributed by atoms with van der Waals surface area (Å²) >= 11 is 0. The van der Waals surface area contributed by atoms with Crippen LogP contribution in [0, 0.1) is 11.7 Å². The zero-order valence-corrected chi connectivity index (χ0v) is 9.46. The van der Waals surface area contributed by atoms with Crippen LogP contribution in [-0.4, -0.2) is 13.2 Å². The molecule has 0 spiro atoms. The van der Waals surface area contributed by atoms with Crippen LogP contribution < -0.4 is 10.5 Å². The Morgan fingerprint density at radius 2 is 2.07 bits per heavy atom. The zero-order valence-electron chi connectivity index (χ0n) is 9.46. The van der Waals surface area contributed by atoms with Crippen LogP contribution >= 0.6 is 0 Å². The second-order valence-corrected chi connectivity index (χ2v) is 4.08. The van der Waals surface area contributed by atoms with Crippen molar-refractivity contribution >= 4 is 0 Å². The number of ether oxygens (including phenoxy) is 1. The van der Waals surface area contributed by atoms with Gasteiger partial charge < -0.3 is 10.5 Å². The van der Waals surface area contributed by atoms with Crippen molar-refractivity contribution in [3.8, 4) is 5.75 Å². The molecule has 2 N–H and O–H groups in total. The number of benzene rings is 1. The summed E-state index contributed by atoms with van der Waals surface area (Å²) in [5, 5.41) is 0. The molecule has 0 amide bonds. The molecule has 1 aromatic rings. The predicted molar refractivity (Wildman–Crippen MR) is 59.5 cm³/mol. The Bertz CT molecular complexity index is 325. The molecule has 0 aromatic heterocycles. The van der Waals surface area contributed by atoms with Crippen LogP contribution in [-0.2, 0) is 6.42 Å². The Kier molecular flexibility index (Phi) is 4.09. The fourth-order valence-corrected chi connectivity index (χ4v) is 1.34. The van der Waals surface area contributed by atoms with Crippen molar-refractivity contribution in [1.29, 1.82) is 0 Å². The number of hydrogen-bond donors (Lipinski definition) is 1. The van der Waals surface area contributed by atoms with Crippen LogP contribution in [0.3, 0.4) is 0 Å².